The lowest BCUT2D eigenvalue weighted by Crippen LogP contribution is -2.11. The van der Waals surface area contributed by atoms with Crippen molar-refractivity contribution in [2.45, 2.75) is 0 Å². The minimum absolute atomic E-state index is 0.00125. The van der Waals surface area contributed by atoms with Gasteiger partial charge in [0.05, 0.1) is 34.9 Å². The van der Waals surface area contributed by atoms with Crippen molar-refractivity contribution in [1.29, 1.82) is 0 Å². The lowest BCUT2D eigenvalue weighted by Gasteiger charge is -2.06. The number of anilines is 1. The minimum Gasteiger partial charge on any atom is -0.478 e. The van der Waals surface area contributed by atoms with E-state index in [9.17, 15) is 13.2 Å². The maximum atomic E-state index is 11.2. The van der Waals surface area contributed by atoms with Crippen molar-refractivity contribution in [2.24, 2.45) is 7.05 Å². The normalized spacial score (nSPS) is 11.7. The molecular formula is C10H11N3O4S. The van der Waals surface area contributed by atoms with E-state index in [-0.39, 0.29) is 11.3 Å². The van der Waals surface area contributed by atoms with Crippen LogP contribution < -0.4 is 4.72 Å². The van der Waals surface area contributed by atoms with E-state index in [4.69, 9.17) is 5.11 Å². The Balaban J connectivity index is 2.70. The van der Waals surface area contributed by atoms with Crippen molar-refractivity contribution in [1.82, 2.24) is 9.55 Å². The third-order valence-electron chi connectivity index (χ3n) is 2.35. The quantitative estimate of drug-likeness (QED) is 0.851. The number of aryl methyl sites for hydroxylation is 1. The van der Waals surface area contributed by atoms with Crippen LogP contribution in [0.4, 0.5) is 5.69 Å². The van der Waals surface area contributed by atoms with Gasteiger partial charge in [-0.05, 0) is 12.1 Å². The molecular weight excluding hydrogens is 258 g/mol. The summed E-state index contributed by atoms with van der Waals surface area (Å²) in [6.45, 7) is 0. The van der Waals surface area contributed by atoms with Crippen LogP contribution in [0.3, 0.4) is 0 Å². The predicted molar refractivity (Wildman–Crippen MR) is 66.1 cm³/mol. The number of hydrogen-bond acceptors (Lipinski definition) is 4. The van der Waals surface area contributed by atoms with Crippen LogP contribution in [-0.4, -0.2) is 35.3 Å². The third kappa shape index (κ3) is 2.28. The fourth-order valence-corrected chi connectivity index (χ4v) is 2.28. The monoisotopic (exact) mass is 269 g/mol. The largest absolute Gasteiger partial charge is 0.478 e. The van der Waals surface area contributed by atoms with Crippen LogP contribution in [0, 0.1) is 0 Å². The van der Waals surface area contributed by atoms with Gasteiger partial charge in [-0.2, -0.15) is 0 Å². The highest BCUT2D eigenvalue weighted by atomic mass is 32.2. The van der Waals surface area contributed by atoms with Gasteiger partial charge in [-0.25, -0.2) is 18.2 Å². The second kappa shape index (κ2) is 3.98. The Hall–Kier alpha value is -2.09. The van der Waals surface area contributed by atoms with Crippen molar-refractivity contribution in [3.05, 3.63) is 24.0 Å². The molecule has 1 aromatic heterocycles. The topological polar surface area (TPSA) is 101 Å². The number of rotatable bonds is 3. The van der Waals surface area contributed by atoms with Gasteiger partial charge in [0, 0.05) is 7.05 Å². The molecule has 0 atom stereocenters. The molecule has 0 amide bonds. The summed E-state index contributed by atoms with van der Waals surface area (Å²) in [6, 6.07) is 2.76. The number of sulfonamides is 1. The van der Waals surface area contributed by atoms with E-state index in [1.165, 1.54) is 18.5 Å². The van der Waals surface area contributed by atoms with Gasteiger partial charge >= 0.3 is 5.97 Å². The molecule has 1 heterocycles. The van der Waals surface area contributed by atoms with Crippen LogP contribution >= 0.6 is 0 Å². The first kappa shape index (κ1) is 12.4. The molecule has 0 aliphatic heterocycles. The van der Waals surface area contributed by atoms with Crippen molar-refractivity contribution in [3.63, 3.8) is 0 Å². The first-order valence-electron chi connectivity index (χ1n) is 4.94. The van der Waals surface area contributed by atoms with Crippen molar-refractivity contribution in [2.75, 3.05) is 11.0 Å². The van der Waals surface area contributed by atoms with Crippen LogP contribution in [0.5, 0.6) is 0 Å². The van der Waals surface area contributed by atoms with Crippen LogP contribution in [0.25, 0.3) is 11.0 Å². The number of hydrogen-bond donors (Lipinski definition) is 2. The summed E-state index contributed by atoms with van der Waals surface area (Å²) in [5.41, 5.74) is 1.05. The standard InChI is InChI=1S/C10H11N3O4S/c1-13-5-11-8-4-6(12-18(2,16)17)3-7(9(8)13)10(14)15/h3-5,12H,1-2H3,(H,14,15). The molecule has 0 spiro atoms. The van der Waals surface area contributed by atoms with Gasteiger partial charge in [0.2, 0.25) is 10.0 Å². The molecule has 1 aromatic carbocycles. The van der Waals surface area contributed by atoms with E-state index in [0.717, 1.165) is 6.26 Å². The Morgan fingerprint density at radius 2 is 2.11 bits per heavy atom. The number of nitrogens with one attached hydrogen (secondary N) is 1. The molecule has 0 saturated heterocycles. The first-order valence-corrected chi connectivity index (χ1v) is 6.83. The first-order chi connectivity index (χ1) is 8.28. The number of benzene rings is 1. The lowest BCUT2D eigenvalue weighted by molar-refractivity contribution is 0.0698. The van der Waals surface area contributed by atoms with E-state index in [1.54, 1.807) is 11.6 Å². The molecule has 0 bridgehead atoms. The molecule has 2 rings (SSSR count). The highest BCUT2D eigenvalue weighted by Gasteiger charge is 2.15. The Morgan fingerprint density at radius 1 is 1.44 bits per heavy atom. The second-order valence-corrected chi connectivity index (χ2v) is 5.67. The fourth-order valence-electron chi connectivity index (χ4n) is 1.73. The molecule has 0 aliphatic rings. The number of carboxylic acid groups (broad SMARTS) is 1. The summed E-state index contributed by atoms with van der Waals surface area (Å²) < 4.78 is 26.1. The summed E-state index contributed by atoms with van der Waals surface area (Å²) in [5.74, 6) is -1.14. The Labute approximate surface area is 103 Å². The summed E-state index contributed by atoms with van der Waals surface area (Å²) in [4.78, 5) is 15.2. The molecule has 18 heavy (non-hydrogen) atoms. The molecule has 7 nitrogen and oxygen atoms in total. The molecule has 2 aromatic rings. The second-order valence-electron chi connectivity index (χ2n) is 3.93. The smallest absolute Gasteiger partial charge is 0.337 e. The van der Waals surface area contributed by atoms with Gasteiger partial charge in [0.25, 0.3) is 0 Å². The van der Waals surface area contributed by atoms with E-state index in [0.29, 0.717) is 11.0 Å². The zero-order valence-electron chi connectivity index (χ0n) is 9.71. The minimum atomic E-state index is -3.46. The van der Waals surface area contributed by atoms with Crippen LogP contribution in [0.1, 0.15) is 10.4 Å². The molecule has 96 valence electrons. The van der Waals surface area contributed by atoms with E-state index >= 15 is 0 Å². The summed E-state index contributed by atoms with van der Waals surface area (Å²) in [7, 11) is -1.79. The van der Waals surface area contributed by atoms with E-state index in [1.807, 2.05) is 0 Å². The molecule has 0 unspecified atom stereocenters. The summed E-state index contributed by atoms with van der Waals surface area (Å²) in [5, 5.41) is 9.13. The maximum absolute atomic E-state index is 11.2. The lowest BCUT2D eigenvalue weighted by atomic mass is 10.1. The summed E-state index contributed by atoms with van der Waals surface area (Å²) in [6.07, 6.45) is 2.47. The average molecular weight is 269 g/mol. The number of carboxylic acids is 1. The third-order valence-corrected chi connectivity index (χ3v) is 2.95. The number of carbonyl (C=O) groups is 1. The molecule has 8 heteroatoms. The zero-order valence-corrected chi connectivity index (χ0v) is 10.5. The Kier molecular flexibility index (Phi) is 2.74. The number of imidazole rings is 1. The SMILES string of the molecule is Cn1cnc2cc(NS(C)(=O)=O)cc(C(=O)O)c21. The van der Waals surface area contributed by atoms with E-state index < -0.39 is 16.0 Å². The molecule has 0 saturated carbocycles. The van der Waals surface area contributed by atoms with Gasteiger partial charge in [-0.1, -0.05) is 0 Å². The molecule has 0 fully saturated rings. The highest BCUT2D eigenvalue weighted by Crippen LogP contribution is 2.23. The maximum Gasteiger partial charge on any atom is 0.337 e. The van der Waals surface area contributed by atoms with Gasteiger partial charge in [-0.15, -0.1) is 0 Å². The molecule has 0 radical (unpaired) electrons. The fraction of sp³-hybridized carbons (Fsp3) is 0.200. The van der Waals surface area contributed by atoms with Gasteiger partial charge in [0.1, 0.15) is 0 Å². The van der Waals surface area contributed by atoms with Gasteiger partial charge in [0.15, 0.2) is 0 Å². The Morgan fingerprint density at radius 3 is 2.67 bits per heavy atom. The number of aromatic nitrogens is 2. The van der Waals surface area contributed by atoms with Crippen LogP contribution in [0.2, 0.25) is 0 Å². The number of nitrogens with zero attached hydrogens (tertiary/aromatic N) is 2. The van der Waals surface area contributed by atoms with E-state index in [2.05, 4.69) is 9.71 Å². The molecule has 2 N–H and O–H groups in total. The van der Waals surface area contributed by atoms with Gasteiger partial charge in [-0.3, -0.25) is 4.72 Å². The predicted octanol–water partition coefficient (Wildman–Crippen LogP) is 0.643. The number of fused-ring (bicyclic) bond motifs is 1. The average Bonchev–Trinajstić information content (AvgIpc) is 2.56. The highest BCUT2D eigenvalue weighted by molar-refractivity contribution is 7.92. The summed E-state index contributed by atoms with van der Waals surface area (Å²) >= 11 is 0. The van der Waals surface area contributed by atoms with Crippen molar-refractivity contribution >= 4 is 32.7 Å². The number of aromatic carboxylic acids is 1. The van der Waals surface area contributed by atoms with Crippen molar-refractivity contribution in [3.8, 4) is 0 Å². The van der Waals surface area contributed by atoms with Gasteiger partial charge < -0.3 is 9.67 Å². The van der Waals surface area contributed by atoms with Crippen LogP contribution in [0.15, 0.2) is 18.5 Å². The zero-order chi connectivity index (χ0) is 13.5. The van der Waals surface area contributed by atoms with Crippen molar-refractivity contribution < 1.29 is 18.3 Å². The Bertz CT molecular complexity index is 733. The molecule has 0 aliphatic carbocycles. The van der Waals surface area contributed by atoms with Crippen LogP contribution in [-0.2, 0) is 17.1 Å².